The van der Waals surface area contributed by atoms with Gasteiger partial charge in [-0.1, -0.05) is 6.07 Å². The fourth-order valence-corrected chi connectivity index (χ4v) is 5.43. The van der Waals surface area contributed by atoms with Crippen molar-refractivity contribution in [1.82, 2.24) is 0 Å². The number of carbonyl (C=O) groups excluding carboxylic acids is 1. The van der Waals surface area contributed by atoms with Crippen LogP contribution >= 0.6 is 0 Å². The Hall–Kier alpha value is -1.38. The van der Waals surface area contributed by atoms with Gasteiger partial charge in [0.05, 0.1) is 6.61 Å². The van der Waals surface area contributed by atoms with Gasteiger partial charge in [-0.05, 0) is 56.3 Å². The van der Waals surface area contributed by atoms with Gasteiger partial charge in [0.25, 0.3) is 0 Å². The van der Waals surface area contributed by atoms with Gasteiger partial charge in [0.15, 0.2) is 12.4 Å². The predicted octanol–water partition coefficient (Wildman–Crippen LogP) is 2.73. The smallest absolute Gasteiger partial charge is 0.372 e. The van der Waals surface area contributed by atoms with Crippen LogP contribution in [0.2, 0.25) is 0 Å². The monoisotopic (exact) mass is 286 g/mol. The van der Waals surface area contributed by atoms with Gasteiger partial charge in [0.2, 0.25) is 6.54 Å². The minimum Gasteiger partial charge on any atom is -0.460 e. The van der Waals surface area contributed by atoms with Crippen LogP contribution in [0.5, 0.6) is 0 Å². The van der Waals surface area contributed by atoms with Crippen molar-refractivity contribution in [2.45, 2.75) is 45.1 Å². The normalized spacial score (nSPS) is 36.7. The van der Waals surface area contributed by atoms with Gasteiger partial charge in [-0.15, -0.1) is 0 Å². The summed E-state index contributed by atoms with van der Waals surface area (Å²) in [5, 5.41) is 0. The van der Waals surface area contributed by atoms with Crippen molar-refractivity contribution in [2.24, 2.45) is 23.2 Å². The van der Waals surface area contributed by atoms with Gasteiger partial charge in [0, 0.05) is 17.5 Å². The Kier molecular flexibility index (Phi) is 3.24. The van der Waals surface area contributed by atoms with E-state index in [1.807, 2.05) is 35.2 Å². The molecule has 0 spiro atoms. The number of hydrogen-bond acceptors (Lipinski definition) is 2. The second-order valence-corrected chi connectivity index (χ2v) is 7.63. The molecule has 4 saturated carbocycles. The van der Waals surface area contributed by atoms with Crippen LogP contribution < -0.4 is 4.57 Å². The molecule has 0 atom stereocenters. The molecule has 0 aromatic carbocycles. The summed E-state index contributed by atoms with van der Waals surface area (Å²) in [7, 11) is 0. The quantitative estimate of drug-likeness (QED) is 0.629. The lowest BCUT2D eigenvalue weighted by Gasteiger charge is -2.56. The minimum absolute atomic E-state index is 0.0954. The average Bonchev–Trinajstić information content (AvgIpc) is 2.45. The molecule has 0 radical (unpaired) electrons. The SMILES string of the molecule is O=C(C[n+]1ccccc1)OCC12CC3CC(CC(C3)C1)C2. The molecule has 0 amide bonds. The fraction of sp³-hybridized carbons (Fsp3) is 0.667. The molecule has 1 aromatic heterocycles. The molecule has 4 aliphatic carbocycles. The van der Waals surface area contributed by atoms with E-state index in [1.165, 1.54) is 38.5 Å². The van der Waals surface area contributed by atoms with E-state index in [9.17, 15) is 4.79 Å². The summed E-state index contributed by atoms with van der Waals surface area (Å²) in [5.74, 6) is 2.65. The minimum atomic E-state index is -0.0954. The highest BCUT2D eigenvalue weighted by Crippen LogP contribution is 2.60. The first-order valence-electron chi connectivity index (χ1n) is 8.30. The van der Waals surface area contributed by atoms with Gasteiger partial charge < -0.3 is 4.74 Å². The highest BCUT2D eigenvalue weighted by atomic mass is 16.5. The van der Waals surface area contributed by atoms with Crippen molar-refractivity contribution in [1.29, 1.82) is 0 Å². The highest BCUT2D eigenvalue weighted by molar-refractivity contribution is 5.67. The fourth-order valence-electron chi connectivity index (χ4n) is 5.43. The zero-order valence-electron chi connectivity index (χ0n) is 12.5. The summed E-state index contributed by atoms with van der Waals surface area (Å²) in [6, 6.07) is 5.83. The van der Waals surface area contributed by atoms with Crippen LogP contribution in [-0.2, 0) is 16.1 Å². The molecule has 3 heteroatoms. The molecule has 0 unspecified atom stereocenters. The van der Waals surface area contributed by atoms with E-state index in [4.69, 9.17) is 4.74 Å². The molecule has 0 aliphatic heterocycles. The molecule has 3 nitrogen and oxygen atoms in total. The Morgan fingerprint density at radius 3 is 2.14 bits per heavy atom. The van der Waals surface area contributed by atoms with E-state index in [0.29, 0.717) is 18.6 Å². The van der Waals surface area contributed by atoms with Crippen molar-refractivity contribution in [3.8, 4) is 0 Å². The topological polar surface area (TPSA) is 30.2 Å². The van der Waals surface area contributed by atoms with Crippen LogP contribution in [0.4, 0.5) is 0 Å². The van der Waals surface area contributed by atoms with Crippen LogP contribution in [0.1, 0.15) is 38.5 Å². The van der Waals surface area contributed by atoms with Crippen LogP contribution in [0, 0.1) is 23.2 Å². The number of carbonyl (C=O) groups is 1. The van der Waals surface area contributed by atoms with Crippen molar-refractivity contribution >= 4 is 5.97 Å². The first-order chi connectivity index (χ1) is 10.2. The molecule has 4 bridgehead atoms. The summed E-state index contributed by atoms with van der Waals surface area (Å²) in [5.41, 5.74) is 0.325. The van der Waals surface area contributed by atoms with E-state index in [0.717, 1.165) is 17.8 Å². The van der Waals surface area contributed by atoms with Crippen molar-refractivity contribution in [3.05, 3.63) is 30.6 Å². The maximum Gasteiger partial charge on any atom is 0.372 e. The zero-order chi connectivity index (χ0) is 14.3. The van der Waals surface area contributed by atoms with E-state index in [-0.39, 0.29) is 5.97 Å². The van der Waals surface area contributed by atoms with Crippen LogP contribution in [0.25, 0.3) is 0 Å². The van der Waals surface area contributed by atoms with Crippen molar-refractivity contribution in [2.75, 3.05) is 6.61 Å². The van der Waals surface area contributed by atoms with Gasteiger partial charge in [-0.2, -0.15) is 4.57 Å². The number of ether oxygens (including phenoxy) is 1. The lowest BCUT2D eigenvalue weighted by molar-refractivity contribution is -0.686. The molecule has 21 heavy (non-hydrogen) atoms. The van der Waals surface area contributed by atoms with Crippen molar-refractivity contribution < 1.29 is 14.1 Å². The van der Waals surface area contributed by atoms with Crippen LogP contribution in [0.3, 0.4) is 0 Å². The molecule has 1 heterocycles. The van der Waals surface area contributed by atoms with Gasteiger partial charge in [-0.3, -0.25) is 0 Å². The Morgan fingerprint density at radius 1 is 1.00 bits per heavy atom. The number of aromatic nitrogens is 1. The second kappa shape index (κ2) is 5.11. The summed E-state index contributed by atoms with van der Waals surface area (Å²) in [6.07, 6.45) is 12.0. The van der Waals surface area contributed by atoms with Gasteiger partial charge in [-0.25, -0.2) is 4.79 Å². The number of pyridine rings is 1. The van der Waals surface area contributed by atoms with Crippen LogP contribution in [-0.4, -0.2) is 12.6 Å². The third-order valence-corrected chi connectivity index (χ3v) is 5.79. The Balaban J connectivity index is 1.35. The van der Waals surface area contributed by atoms with Gasteiger partial charge in [0.1, 0.15) is 0 Å². The molecule has 4 fully saturated rings. The first kappa shape index (κ1) is 13.3. The van der Waals surface area contributed by atoms with Crippen molar-refractivity contribution in [3.63, 3.8) is 0 Å². The molecular formula is C18H24NO2+. The van der Waals surface area contributed by atoms with Crippen LogP contribution in [0.15, 0.2) is 30.6 Å². The molecule has 0 saturated heterocycles. The number of esters is 1. The maximum atomic E-state index is 12.1. The predicted molar refractivity (Wildman–Crippen MR) is 78.2 cm³/mol. The largest absolute Gasteiger partial charge is 0.460 e. The molecular weight excluding hydrogens is 262 g/mol. The highest BCUT2D eigenvalue weighted by Gasteiger charge is 2.51. The Labute approximate surface area is 126 Å². The van der Waals surface area contributed by atoms with E-state index in [2.05, 4.69) is 0 Å². The van der Waals surface area contributed by atoms with E-state index < -0.39 is 0 Å². The maximum absolute atomic E-state index is 12.1. The number of rotatable bonds is 4. The number of hydrogen-bond donors (Lipinski definition) is 0. The third-order valence-electron chi connectivity index (χ3n) is 5.79. The molecule has 112 valence electrons. The average molecular weight is 286 g/mol. The Morgan fingerprint density at radius 2 is 1.57 bits per heavy atom. The lowest BCUT2D eigenvalue weighted by atomic mass is 9.50. The Bertz CT molecular complexity index is 490. The van der Waals surface area contributed by atoms with Gasteiger partial charge >= 0.3 is 5.97 Å². The van der Waals surface area contributed by atoms with E-state index >= 15 is 0 Å². The second-order valence-electron chi connectivity index (χ2n) is 7.63. The molecule has 0 N–H and O–H groups in total. The summed E-state index contributed by atoms with van der Waals surface area (Å²) < 4.78 is 7.55. The summed E-state index contributed by atoms with van der Waals surface area (Å²) in [6.45, 7) is 0.982. The molecule has 5 rings (SSSR count). The number of nitrogens with zero attached hydrogens (tertiary/aromatic N) is 1. The lowest BCUT2D eigenvalue weighted by Crippen LogP contribution is -2.49. The summed E-state index contributed by atoms with van der Waals surface area (Å²) >= 11 is 0. The standard InChI is InChI=1S/C18H24NO2/c20-17(12-19-4-2-1-3-5-19)21-13-18-9-14-6-15(10-18)8-16(7-14)11-18/h1-5,14-16H,6-13H2/q+1. The first-order valence-corrected chi connectivity index (χ1v) is 8.30. The molecule has 4 aliphatic rings. The summed E-state index contributed by atoms with van der Waals surface area (Å²) in [4.78, 5) is 12.1. The third kappa shape index (κ3) is 2.70. The molecule has 1 aromatic rings. The van der Waals surface area contributed by atoms with E-state index in [1.54, 1.807) is 0 Å². The zero-order valence-corrected chi connectivity index (χ0v) is 12.5.